The Bertz CT molecular complexity index is 780. The Kier molecular flexibility index (Phi) is 4.42. The van der Waals surface area contributed by atoms with E-state index in [1.54, 1.807) is 0 Å². The standard InChI is InChI=1S/C17H12F4O3/c18-12-7-13(19)16(21)17(15(12)20)23-8-11-4-3-10(24-11)5-6-14(22)9-1-2-9/h3-7,9H,1-2,8H2/b6-5+. The van der Waals surface area contributed by atoms with Crippen LogP contribution in [0.2, 0.25) is 0 Å². The summed E-state index contributed by atoms with van der Waals surface area (Å²) in [6.07, 6.45) is 4.67. The summed E-state index contributed by atoms with van der Waals surface area (Å²) < 4.78 is 63.1. The molecule has 126 valence electrons. The van der Waals surface area contributed by atoms with Gasteiger partial charge in [-0.1, -0.05) is 0 Å². The van der Waals surface area contributed by atoms with E-state index in [0.717, 1.165) is 12.8 Å². The minimum absolute atomic E-state index is 0.0172. The quantitative estimate of drug-likeness (QED) is 0.444. The van der Waals surface area contributed by atoms with Crippen LogP contribution in [0, 0.1) is 29.2 Å². The van der Waals surface area contributed by atoms with E-state index in [9.17, 15) is 22.4 Å². The maximum Gasteiger partial charge on any atom is 0.203 e. The zero-order valence-corrected chi connectivity index (χ0v) is 12.3. The molecule has 0 radical (unpaired) electrons. The van der Waals surface area contributed by atoms with Gasteiger partial charge in [0.05, 0.1) is 0 Å². The van der Waals surface area contributed by atoms with Gasteiger partial charge in [0, 0.05) is 12.0 Å². The molecular weight excluding hydrogens is 328 g/mol. The number of allylic oxidation sites excluding steroid dienone is 1. The van der Waals surface area contributed by atoms with Gasteiger partial charge >= 0.3 is 0 Å². The maximum atomic E-state index is 13.5. The molecule has 3 nitrogen and oxygen atoms in total. The highest BCUT2D eigenvalue weighted by atomic mass is 19.2. The molecule has 0 aliphatic heterocycles. The Labute approximate surface area is 134 Å². The van der Waals surface area contributed by atoms with Crippen LogP contribution < -0.4 is 4.74 Å². The van der Waals surface area contributed by atoms with Gasteiger partial charge < -0.3 is 9.15 Å². The molecule has 0 unspecified atom stereocenters. The van der Waals surface area contributed by atoms with E-state index in [0.29, 0.717) is 5.76 Å². The highest BCUT2D eigenvalue weighted by molar-refractivity contribution is 5.96. The highest BCUT2D eigenvalue weighted by Gasteiger charge is 2.27. The predicted molar refractivity (Wildman–Crippen MR) is 76.1 cm³/mol. The molecule has 3 rings (SSSR count). The topological polar surface area (TPSA) is 39.4 Å². The summed E-state index contributed by atoms with van der Waals surface area (Å²) in [4.78, 5) is 11.5. The first kappa shape index (κ1) is 16.3. The summed E-state index contributed by atoms with van der Waals surface area (Å²) in [5, 5.41) is 0. The summed E-state index contributed by atoms with van der Waals surface area (Å²) in [5.41, 5.74) is 0. The van der Waals surface area contributed by atoms with E-state index >= 15 is 0 Å². The number of halogens is 4. The van der Waals surface area contributed by atoms with Crippen molar-refractivity contribution in [1.29, 1.82) is 0 Å². The van der Waals surface area contributed by atoms with Crippen LogP contribution in [0.5, 0.6) is 5.75 Å². The van der Waals surface area contributed by atoms with Gasteiger partial charge in [-0.05, 0) is 37.1 Å². The summed E-state index contributed by atoms with van der Waals surface area (Å²) in [7, 11) is 0. The maximum absolute atomic E-state index is 13.5. The molecule has 0 saturated heterocycles. The summed E-state index contributed by atoms with van der Waals surface area (Å²) in [6, 6.07) is 3.10. The molecule has 0 N–H and O–H groups in total. The molecule has 7 heteroatoms. The lowest BCUT2D eigenvalue weighted by Gasteiger charge is -2.08. The number of hydrogen-bond donors (Lipinski definition) is 0. The molecule has 1 fully saturated rings. The molecule has 1 aliphatic rings. The molecule has 1 saturated carbocycles. The average Bonchev–Trinajstić information content (AvgIpc) is 3.31. The predicted octanol–water partition coefficient (Wildman–Crippen LogP) is 4.41. The van der Waals surface area contributed by atoms with Gasteiger partial charge in [0.2, 0.25) is 11.6 Å². The summed E-state index contributed by atoms with van der Waals surface area (Å²) >= 11 is 0. The van der Waals surface area contributed by atoms with Gasteiger partial charge in [-0.3, -0.25) is 4.79 Å². The Hall–Kier alpha value is -2.57. The van der Waals surface area contributed by atoms with Gasteiger partial charge in [0.25, 0.3) is 0 Å². The Morgan fingerprint density at radius 2 is 1.83 bits per heavy atom. The molecule has 0 spiro atoms. The zero-order chi connectivity index (χ0) is 17.3. The second-order valence-electron chi connectivity index (χ2n) is 5.40. The van der Waals surface area contributed by atoms with Crippen LogP contribution in [-0.4, -0.2) is 5.78 Å². The Morgan fingerprint density at radius 1 is 1.17 bits per heavy atom. The van der Waals surface area contributed by atoms with Crippen molar-refractivity contribution >= 4 is 11.9 Å². The normalized spacial score (nSPS) is 14.3. The van der Waals surface area contributed by atoms with Gasteiger partial charge in [-0.15, -0.1) is 0 Å². The minimum atomic E-state index is -1.62. The third-order valence-corrected chi connectivity index (χ3v) is 3.50. The van der Waals surface area contributed by atoms with Crippen molar-refractivity contribution in [2.75, 3.05) is 0 Å². The minimum Gasteiger partial charge on any atom is -0.479 e. The zero-order valence-electron chi connectivity index (χ0n) is 12.3. The molecule has 0 amide bonds. The van der Waals surface area contributed by atoms with Crippen LogP contribution >= 0.6 is 0 Å². The fraction of sp³-hybridized carbons (Fsp3) is 0.235. The largest absolute Gasteiger partial charge is 0.479 e. The molecule has 1 aromatic carbocycles. The van der Waals surface area contributed by atoms with E-state index in [4.69, 9.17) is 9.15 Å². The van der Waals surface area contributed by atoms with Gasteiger partial charge in [-0.2, -0.15) is 8.78 Å². The molecule has 24 heavy (non-hydrogen) atoms. The van der Waals surface area contributed by atoms with Crippen molar-refractivity contribution in [3.05, 3.63) is 59.1 Å². The summed E-state index contributed by atoms with van der Waals surface area (Å²) in [5.74, 6) is -6.84. The second-order valence-corrected chi connectivity index (χ2v) is 5.40. The van der Waals surface area contributed by atoms with Gasteiger partial charge in [0.15, 0.2) is 23.2 Å². The first-order chi connectivity index (χ1) is 11.5. The van der Waals surface area contributed by atoms with Gasteiger partial charge in [-0.25, -0.2) is 8.78 Å². The molecular formula is C17H12F4O3. The summed E-state index contributed by atoms with van der Waals surface area (Å²) in [6.45, 7) is -0.429. The molecule has 0 bridgehead atoms. The fourth-order valence-electron chi connectivity index (χ4n) is 2.05. The van der Waals surface area contributed by atoms with E-state index in [1.165, 1.54) is 24.3 Å². The van der Waals surface area contributed by atoms with Crippen LogP contribution in [0.15, 0.2) is 28.7 Å². The number of rotatable bonds is 6. The third kappa shape index (κ3) is 3.50. The van der Waals surface area contributed by atoms with Crippen molar-refractivity contribution in [3.63, 3.8) is 0 Å². The monoisotopic (exact) mass is 340 g/mol. The molecule has 1 aromatic heterocycles. The van der Waals surface area contributed by atoms with Crippen LogP contribution in [-0.2, 0) is 11.4 Å². The number of ether oxygens (including phenoxy) is 1. The van der Waals surface area contributed by atoms with Crippen LogP contribution in [0.3, 0.4) is 0 Å². The van der Waals surface area contributed by atoms with Crippen molar-refractivity contribution in [2.45, 2.75) is 19.4 Å². The van der Waals surface area contributed by atoms with Gasteiger partial charge in [0.1, 0.15) is 18.1 Å². The number of carbonyl (C=O) groups is 1. The number of benzene rings is 1. The lowest BCUT2D eigenvalue weighted by atomic mass is 10.2. The fourth-order valence-corrected chi connectivity index (χ4v) is 2.05. The van der Waals surface area contributed by atoms with Crippen molar-refractivity contribution in [3.8, 4) is 5.75 Å². The lowest BCUT2D eigenvalue weighted by Crippen LogP contribution is -2.03. The Morgan fingerprint density at radius 3 is 2.46 bits per heavy atom. The highest BCUT2D eigenvalue weighted by Crippen LogP contribution is 2.30. The number of furan rings is 1. The molecule has 2 aromatic rings. The number of hydrogen-bond acceptors (Lipinski definition) is 3. The smallest absolute Gasteiger partial charge is 0.203 e. The average molecular weight is 340 g/mol. The van der Waals surface area contributed by atoms with E-state index in [-0.39, 0.29) is 23.5 Å². The first-order valence-electron chi connectivity index (χ1n) is 7.22. The van der Waals surface area contributed by atoms with Crippen LogP contribution in [0.25, 0.3) is 6.08 Å². The van der Waals surface area contributed by atoms with E-state index in [2.05, 4.69) is 0 Å². The molecule has 0 atom stereocenters. The first-order valence-corrected chi connectivity index (χ1v) is 7.22. The number of carbonyl (C=O) groups excluding carboxylic acids is 1. The molecule has 1 aliphatic carbocycles. The van der Waals surface area contributed by atoms with Crippen LogP contribution in [0.4, 0.5) is 17.6 Å². The second kappa shape index (κ2) is 6.51. The Balaban J connectivity index is 1.66. The van der Waals surface area contributed by atoms with Crippen molar-refractivity contribution in [2.24, 2.45) is 5.92 Å². The van der Waals surface area contributed by atoms with Crippen LogP contribution in [0.1, 0.15) is 24.4 Å². The van der Waals surface area contributed by atoms with Crippen molar-refractivity contribution < 1.29 is 31.5 Å². The number of ketones is 1. The third-order valence-electron chi connectivity index (χ3n) is 3.50. The lowest BCUT2D eigenvalue weighted by molar-refractivity contribution is -0.115. The van der Waals surface area contributed by atoms with E-state index < -0.39 is 35.6 Å². The molecule has 1 heterocycles. The van der Waals surface area contributed by atoms with E-state index in [1.807, 2.05) is 0 Å². The van der Waals surface area contributed by atoms with Crippen molar-refractivity contribution in [1.82, 2.24) is 0 Å². The SMILES string of the molecule is O=C(/C=C/c1ccc(COc2c(F)c(F)cc(F)c2F)o1)C1CC1.